The van der Waals surface area contributed by atoms with Crippen molar-refractivity contribution in [2.24, 2.45) is 0 Å². The van der Waals surface area contributed by atoms with Crippen LogP contribution in [0.4, 0.5) is 4.79 Å². The highest BCUT2D eigenvalue weighted by molar-refractivity contribution is 5.69. The molecule has 1 N–H and O–H groups in total. The summed E-state index contributed by atoms with van der Waals surface area (Å²) in [5.41, 5.74) is -0.461. The number of aliphatic hydroxyl groups excluding tert-OH is 1. The lowest BCUT2D eigenvalue weighted by Crippen LogP contribution is -2.61. The number of amides is 1. The highest BCUT2D eigenvalue weighted by Crippen LogP contribution is 2.20. The average Bonchev–Trinajstić information content (AvgIpc) is 1.95. The van der Waals surface area contributed by atoms with Crippen LogP contribution in [0.5, 0.6) is 0 Å². The number of carbonyl (C=O) groups excluding carboxylic acids is 1. The van der Waals surface area contributed by atoms with E-state index in [2.05, 4.69) is 0 Å². The molecule has 1 aliphatic heterocycles. The highest BCUT2D eigenvalue weighted by Gasteiger charge is 2.39. The molecular formula is C9H17NO3. The summed E-state index contributed by atoms with van der Waals surface area (Å²) in [5, 5.41) is 9.18. The average molecular weight is 187 g/mol. The van der Waals surface area contributed by atoms with Gasteiger partial charge in [-0.1, -0.05) is 0 Å². The molecule has 1 fully saturated rings. The summed E-state index contributed by atoms with van der Waals surface area (Å²) in [6, 6.07) is -0.116. The number of hydrogen-bond donors (Lipinski definition) is 1. The van der Waals surface area contributed by atoms with Crippen LogP contribution in [0.15, 0.2) is 0 Å². The lowest BCUT2D eigenvalue weighted by Gasteiger charge is -2.43. The van der Waals surface area contributed by atoms with E-state index >= 15 is 0 Å². The first-order valence-electron chi connectivity index (χ1n) is 4.49. The Balaban J connectivity index is 2.42. The zero-order valence-corrected chi connectivity index (χ0v) is 8.57. The molecule has 2 atom stereocenters. The van der Waals surface area contributed by atoms with E-state index < -0.39 is 11.7 Å². The van der Waals surface area contributed by atoms with Gasteiger partial charge >= 0.3 is 6.09 Å². The van der Waals surface area contributed by atoms with E-state index in [0.717, 1.165) is 0 Å². The fraction of sp³-hybridized carbons (Fsp3) is 0.889. The number of ether oxygens (including phenoxy) is 1. The molecule has 0 aromatic rings. The second kappa shape index (κ2) is 3.18. The first-order valence-corrected chi connectivity index (χ1v) is 4.49. The molecular weight excluding hydrogens is 170 g/mol. The number of aliphatic hydroxyl groups is 1. The first-order chi connectivity index (χ1) is 5.81. The summed E-state index contributed by atoms with van der Waals surface area (Å²) < 4.78 is 5.14. The number of carbonyl (C=O) groups is 1. The van der Waals surface area contributed by atoms with Gasteiger partial charge in [-0.2, -0.15) is 0 Å². The van der Waals surface area contributed by atoms with Crippen LogP contribution in [0.3, 0.4) is 0 Å². The van der Waals surface area contributed by atoms with Gasteiger partial charge in [0.1, 0.15) is 5.60 Å². The lowest BCUT2D eigenvalue weighted by molar-refractivity contribution is -0.0640. The largest absolute Gasteiger partial charge is 0.444 e. The second-order valence-electron chi connectivity index (χ2n) is 4.44. The molecule has 1 rings (SSSR count). The second-order valence-corrected chi connectivity index (χ2v) is 4.44. The number of β-amino-alcohol motifs (C(OH)–C–C–N with tert-alkyl or cyclic N) is 1. The van der Waals surface area contributed by atoms with Crippen LogP contribution in [-0.4, -0.2) is 40.4 Å². The highest BCUT2D eigenvalue weighted by atomic mass is 16.6. The van der Waals surface area contributed by atoms with Crippen LogP contribution in [0.2, 0.25) is 0 Å². The molecule has 1 saturated heterocycles. The van der Waals surface area contributed by atoms with Gasteiger partial charge < -0.3 is 14.7 Å². The van der Waals surface area contributed by atoms with Crippen molar-refractivity contribution >= 4 is 6.09 Å². The van der Waals surface area contributed by atoms with Crippen LogP contribution in [-0.2, 0) is 4.74 Å². The van der Waals surface area contributed by atoms with E-state index in [0.29, 0.717) is 6.54 Å². The molecule has 0 aliphatic carbocycles. The summed E-state index contributed by atoms with van der Waals surface area (Å²) in [6.45, 7) is 7.66. The maximum atomic E-state index is 11.4. The molecule has 0 aromatic carbocycles. The van der Waals surface area contributed by atoms with Crippen molar-refractivity contribution in [3.63, 3.8) is 0 Å². The van der Waals surface area contributed by atoms with Gasteiger partial charge in [0, 0.05) is 0 Å². The monoisotopic (exact) mass is 187 g/mol. The van der Waals surface area contributed by atoms with Crippen molar-refractivity contribution in [2.75, 3.05) is 6.54 Å². The Morgan fingerprint density at radius 1 is 1.54 bits per heavy atom. The van der Waals surface area contributed by atoms with Gasteiger partial charge in [-0.05, 0) is 27.7 Å². The molecule has 0 saturated carbocycles. The Bertz CT molecular complexity index is 209. The smallest absolute Gasteiger partial charge is 0.410 e. The Labute approximate surface area is 78.5 Å². The molecule has 1 heterocycles. The Morgan fingerprint density at radius 2 is 2.08 bits per heavy atom. The first kappa shape index (κ1) is 10.3. The summed E-state index contributed by atoms with van der Waals surface area (Å²) in [5.74, 6) is 0. The molecule has 1 amide bonds. The van der Waals surface area contributed by atoms with Gasteiger partial charge in [0.15, 0.2) is 0 Å². The molecule has 0 spiro atoms. The Kier molecular flexibility index (Phi) is 2.52. The van der Waals surface area contributed by atoms with Gasteiger partial charge in [-0.3, -0.25) is 0 Å². The molecule has 0 radical (unpaired) electrons. The van der Waals surface area contributed by atoms with Crippen molar-refractivity contribution < 1.29 is 14.6 Å². The molecule has 0 aromatic heterocycles. The zero-order valence-electron chi connectivity index (χ0n) is 8.57. The van der Waals surface area contributed by atoms with E-state index in [9.17, 15) is 9.90 Å². The fourth-order valence-electron chi connectivity index (χ4n) is 1.15. The maximum absolute atomic E-state index is 11.4. The van der Waals surface area contributed by atoms with Crippen LogP contribution < -0.4 is 0 Å². The Morgan fingerprint density at radius 3 is 2.38 bits per heavy atom. The molecule has 4 heteroatoms. The third-order valence-corrected chi connectivity index (χ3v) is 2.06. The number of rotatable bonds is 0. The maximum Gasteiger partial charge on any atom is 0.410 e. The zero-order chi connectivity index (χ0) is 10.2. The Hall–Kier alpha value is -0.770. The molecule has 0 bridgehead atoms. The van der Waals surface area contributed by atoms with Crippen molar-refractivity contribution in [2.45, 2.75) is 45.4 Å². The van der Waals surface area contributed by atoms with E-state index in [1.807, 2.05) is 20.8 Å². The van der Waals surface area contributed by atoms with E-state index in [1.165, 1.54) is 4.90 Å². The minimum absolute atomic E-state index is 0.116. The minimum atomic E-state index is -0.461. The summed E-state index contributed by atoms with van der Waals surface area (Å²) in [4.78, 5) is 12.9. The molecule has 4 nitrogen and oxygen atoms in total. The standard InChI is InChI=1S/C9H17NO3/c1-6-7(11)5-10(6)8(12)13-9(2,3)4/h6-7,11H,5H2,1-4H3. The van der Waals surface area contributed by atoms with Crippen LogP contribution in [0.1, 0.15) is 27.7 Å². The van der Waals surface area contributed by atoms with Crippen molar-refractivity contribution in [1.29, 1.82) is 0 Å². The van der Waals surface area contributed by atoms with Gasteiger partial charge in [-0.25, -0.2) is 4.79 Å². The summed E-state index contributed by atoms with van der Waals surface area (Å²) in [6.07, 6.45) is -0.738. The third-order valence-electron chi connectivity index (χ3n) is 2.06. The van der Waals surface area contributed by atoms with Crippen LogP contribution in [0, 0.1) is 0 Å². The predicted molar refractivity (Wildman–Crippen MR) is 48.4 cm³/mol. The van der Waals surface area contributed by atoms with Gasteiger partial charge in [0.25, 0.3) is 0 Å². The molecule has 2 unspecified atom stereocenters. The van der Waals surface area contributed by atoms with Crippen molar-refractivity contribution in [1.82, 2.24) is 4.90 Å². The van der Waals surface area contributed by atoms with Crippen molar-refractivity contribution in [3.05, 3.63) is 0 Å². The number of likely N-dealkylation sites (tertiary alicyclic amines) is 1. The molecule has 1 aliphatic rings. The van der Waals surface area contributed by atoms with Gasteiger partial charge in [0.2, 0.25) is 0 Å². The summed E-state index contributed by atoms with van der Waals surface area (Å²) in [7, 11) is 0. The van der Waals surface area contributed by atoms with Crippen LogP contribution >= 0.6 is 0 Å². The van der Waals surface area contributed by atoms with Crippen LogP contribution in [0.25, 0.3) is 0 Å². The SMILES string of the molecule is CC1C(O)CN1C(=O)OC(C)(C)C. The normalized spacial score (nSPS) is 28.2. The predicted octanol–water partition coefficient (Wildman–Crippen LogP) is 0.987. The van der Waals surface area contributed by atoms with E-state index in [1.54, 1.807) is 6.92 Å². The topological polar surface area (TPSA) is 49.8 Å². The molecule has 76 valence electrons. The van der Waals surface area contributed by atoms with E-state index in [4.69, 9.17) is 4.74 Å². The van der Waals surface area contributed by atoms with Crippen molar-refractivity contribution in [3.8, 4) is 0 Å². The minimum Gasteiger partial charge on any atom is -0.444 e. The van der Waals surface area contributed by atoms with E-state index in [-0.39, 0.29) is 12.1 Å². The lowest BCUT2D eigenvalue weighted by atomic mass is 10.0. The molecule has 13 heavy (non-hydrogen) atoms. The van der Waals surface area contributed by atoms with Gasteiger partial charge in [-0.15, -0.1) is 0 Å². The quantitative estimate of drug-likeness (QED) is 0.615. The number of hydrogen-bond acceptors (Lipinski definition) is 3. The summed E-state index contributed by atoms with van der Waals surface area (Å²) >= 11 is 0. The van der Waals surface area contributed by atoms with Gasteiger partial charge in [0.05, 0.1) is 18.7 Å². The fourth-order valence-corrected chi connectivity index (χ4v) is 1.15. The third kappa shape index (κ3) is 2.34. The number of nitrogens with zero attached hydrogens (tertiary/aromatic N) is 1.